The van der Waals surface area contributed by atoms with Crippen LogP contribution in [0.2, 0.25) is 0 Å². The van der Waals surface area contributed by atoms with Crippen molar-refractivity contribution in [2.75, 3.05) is 31.3 Å². The van der Waals surface area contributed by atoms with E-state index in [1.807, 2.05) is 48.5 Å². The summed E-state index contributed by atoms with van der Waals surface area (Å²) in [6, 6.07) is 15.8. The highest BCUT2D eigenvalue weighted by molar-refractivity contribution is 7.89. The van der Waals surface area contributed by atoms with Gasteiger partial charge in [-0.15, -0.1) is 0 Å². The molecule has 0 amide bonds. The van der Waals surface area contributed by atoms with Gasteiger partial charge in [0.05, 0.1) is 17.9 Å². The van der Waals surface area contributed by atoms with Crippen LogP contribution in [-0.4, -0.2) is 55.8 Å². The van der Waals surface area contributed by atoms with E-state index < -0.39 is 10.0 Å². The van der Waals surface area contributed by atoms with Crippen molar-refractivity contribution < 1.29 is 13.2 Å². The number of fused-ring (bicyclic) bond motifs is 1. The topological polar surface area (TPSA) is 71.5 Å². The van der Waals surface area contributed by atoms with Gasteiger partial charge in [-0.1, -0.05) is 36.4 Å². The van der Waals surface area contributed by atoms with Gasteiger partial charge in [-0.05, 0) is 48.8 Å². The van der Waals surface area contributed by atoms with Crippen molar-refractivity contribution in [1.29, 1.82) is 0 Å². The number of anilines is 1. The fourth-order valence-corrected chi connectivity index (χ4v) is 6.26. The van der Waals surface area contributed by atoms with Crippen LogP contribution >= 0.6 is 0 Å². The van der Waals surface area contributed by atoms with E-state index >= 15 is 0 Å². The summed E-state index contributed by atoms with van der Waals surface area (Å²) in [5.41, 5.74) is 1.06. The molecule has 29 heavy (non-hydrogen) atoms. The quantitative estimate of drug-likeness (QED) is 0.753. The molecule has 2 aromatic rings. The van der Waals surface area contributed by atoms with E-state index in [-0.39, 0.29) is 17.9 Å². The zero-order valence-electron chi connectivity index (χ0n) is 16.8. The molecule has 6 nitrogen and oxygen atoms in total. The van der Waals surface area contributed by atoms with Crippen molar-refractivity contribution in [3.05, 3.63) is 60.3 Å². The van der Waals surface area contributed by atoms with Gasteiger partial charge in [-0.25, -0.2) is 17.7 Å². The number of aromatic nitrogens is 1. The van der Waals surface area contributed by atoms with Crippen LogP contribution in [0, 0.1) is 11.8 Å². The van der Waals surface area contributed by atoms with E-state index in [4.69, 9.17) is 4.74 Å². The number of hydrogen-bond donors (Lipinski definition) is 1. The van der Waals surface area contributed by atoms with Crippen molar-refractivity contribution >= 4 is 15.8 Å². The molecule has 1 saturated carbocycles. The van der Waals surface area contributed by atoms with Crippen molar-refractivity contribution in [1.82, 2.24) is 9.29 Å². The highest BCUT2D eigenvalue weighted by Gasteiger charge is 2.45. The van der Waals surface area contributed by atoms with Crippen LogP contribution < -0.4 is 5.32 Å². The molecule has 1 aromatic carbocycles. The van der Waals surface area contributed by atoms with Gasteiger partial charge in [-0.3, -0.25) is 0 Å². The molecule has 1 N–H and O–H groups in total. The van der Waals surface area contributed by atoms with E-state index in [2.05, 4.69) is 10.3 Å². The van der Waals surface area contributed by atoms with E-state index in [9.17, 15) is 8.42 Å². The monoisotopic (exact) mass is 415 g/mol. The van der Waals surface area contributed by atoms with Gasteiger partial charge in [0.25, 0.3) is 0 Å². The third-order valence-electron chi connectivity index (χ3n) is 6.27. The van der Waals surface area contributed by atoms with Gasteiger partial charge in [0.2, 0.25) is 10.0 Å². The number of nitrogens with one attached hydrogen (secondary N) is 1. The van der Waals surface area contributed by atoms with Crippen LogP contribution in [0.4, 0.5) is 5.82 Å². The average molecular weight is 416 g/mol. The maximum Gasteiger partial charge on any atom is 0.214 e. The Labute approximate surface area is 173 Å². The number of sulfonamides is 1. The lowest BCUT2D eigenvalue weighted by atomic mass is 9.77. The summed E-state index contributed by atoms with van der Waals surface area (Å²) in [5, 5.41) is 3.49. The highest BCUT2D eigenvalue weighted by Crippen LogP contribution is 2.39. The van der Waals surface area contributed by atoms with Crippen LogP contribution in [0.15, 0.2) is 54.7 Å². The molecule has 1 aromatic heterocycles. The lowest BCUT2D eigenvalue weighted by molar-refractivity contribution is 0.0305. The number of pyridine rings is 1. The molecule has 0 bridgehead atoms. The predicted molar refractivity (Wildman–Crippen MR) is 114 cm³/mol. The first-order valence-electron chi connectivity index (χ1n) is 10.3. The second-order valence-corrected chi connectivity index (χ2v) is 10.2. The molecule has 1 saturated heterocycles. The summed E-state index contributed by atoms with van der Waals surface area (Å²) in [6.45, 7) is 1.22. The minimum Gasteiger partial charge on any atom is -0.379 e. The lowest BCUT2D eigenvalue weighted by Gasteiger charge is -2.37. The second kappa shape index (κ2) is 8.81. The second-order valence-electron chi connectivity index (χ2n) is 8.10. The number of ether oxygens (including phenoxy) is 1. The van der Waals surface area contributed by atoms with Crippen LogP contribution in [0.5, 0.6) is 0 Å². The number of benzene rings is 1. The Balaban J connectivity index is 1.39. The largest absolute Gasteiger partial charge is 0.379 e. The molecule has 7 heteroatoms. The molecule has 0 unspecified atom stereocenters. The first-order chi connectivity index (χ1) is 14.0. The number of nitrogens with zero attached hydrogens (tertiary/aromatic N) is 2. The van der Waals surface area contributed by atoms with E-state index in [0.717, 1.165) is 24.2 Å². The molecule has 0 spiro atoms. The summed E-state index contributed by atoms with van der Waals surface area (Å²) in [4.78, 5) is 4.36. The molecule has 4 rings (SSSR count). The number of hydrogen-bond acceptors (Lipinski definition) is 5. The Hall–Kier alpha value is -1.96. The smallest absolute Gasteiger partial charge is 0.214 e. The Morgan fingerprint density at radius 2 is 1.79 bits per heavy atom. The summed E-state index contributed by atoms with van der Waals surface area (Å²) in [5.74, 6) is 1.71. The summed E-state index contributed by atoms with van der Waals surface area (Å²) >= 11 is 0. The first-order valence-corrected chi connectivity index (χ1v) is 11.9. The Bertz CT molecular complexity index is 892. The molecule has 1 aliphatic heterocycles. The van der Waals surface area contributed by atoms with Crippen LogP contribution in [0.25, 0.3) is 0 Å². The fraction of sp³-hybridized carbons (Fsp3) is 0.500. The van der Waals surface area contributed by atoms with E-state index in [1.165, 1.54) is 0 Å². The molecular weight excluding hydrogens is 386 g/mol. The van der Waals surface area contributed by atoms with Crippen LogP contribution in [0.1, 0.15) is 18.4 Å². The third-order valence-corrected chi connectivity index (χ3v) is 8.07. The molecular formula is C22H29N3O3S. The summed E-state index contributed by atoms with van der Waals surface area (Å²) < 4.78 is 33.3. The zero-order valence-corrected chi connectivity index (χ0v) is 17.6. The number of aryl methyl sites for hydroxylation is 1. The van der Waals surface area contributed by atoms with Crippen LogP contribution in [0.3, 0.4) is 0 Å². The van der Waals surface area contributed by atoms with Crippen molar-refractivity contribution in [2.45, 2.75) is 31.4 Å². The SMILES string of the molecule is CO[C@@H]1C[C@H]2CN(S(=O)(=O)CCc3ccccc3)C[C@H]2C[C@H]1Nc1ccccn1. The van der Waals surface area contributed by atoms with Crippen molar-refractivity contribution in [3.8, 4) is 0 Å². The highest BCUT2D eigenvalue weighted by atomic mass is 32.2. The molecule has 0 radical (unpaired) electrons. The van der Waals surface area contributed by atoms with Gasteiger partial charge in [0.15, 0.2) is 0 Å². The first kappa shape index (κ1) is 20.3. The van der Waals surface area contributed by atoms with Crippen molar-refractivity contribution in [3.63, 3.8) is 0 Å². The maximum atomic E-state index is 12.9. The molecule has 2 fully saturated rings. The van der Waals surface area contributed by atoms with Gasteiger partial charge in [-0.2, -0.15) is 0 Å². The number of methoxy groups -OCH3 is 1. The molecule has 1 aliphatic carbocycles. The van der Waals surface area contributed by atoms with Gasteiger partial charge in [0.1, 0.15) is 5.82 Å². The normalized spacial score (nSPS) is 27.5. The molecule has 2 aliphatic rings. The predicted octanol–water partition coefficient (Wildman–Crippen LogP) is 2.79. The standard InChI is InChI=1S/C22H29N3O3S/c1-28-21-14-19-16-25(29(26,27)12-10-17-7-3-2-4-8-17)15-18(19)13-20(21)24-22-9-5-6-11-23-22/h2-9,11,18-21H,10,12-16H2,1H3,(H,23,24)/t18-,19+,20-,21-/m1/s1. The molecule has 2 heterocycles. The van der Waals surface area contributed by atoms with E-state index in [0.29, 0.717) is 31.3 Å². The Kier molecular flexibility index (Phi) is 6.18. The van der Waals surface area contributed by atoms with Gasteiger partial charge >= 0.3 is 0 Å². The molecule has 156 valence electrons. The zero-order chi connectivity index (χ0) is 20.3. The fourth-order valence-electron chi connectivity index (χ4n) is 4.67. The van der Waals surface area contributed by atoms with Crippen LogP contribution in [-0.2, 0) is 21.2 Å². The minimum absolute atomic E-state index is 0.0604. The third kappa shape index (κ3) is 4.79. The Morgan fingerprint density at radius 1 is 1.07 bits per heavy atom. The van der Waals surface area contributed by atoms with Crippen molar-refractivity contribution in [2.24, 2.45) is 11.8 Å². The van der Waals surface area contributed by atoms with Gasteiger partial charge < -0.3 is 10.1 Å². The number of rotatable bonds is 7. The summed E-state index contributed by atoms with van der Waals surface area (Å²) in [7, 11) is -1.52. The minimum atomic E-state index is -3.26. The Morgan fingerprint density at radius 3 is 2.48 bits per heavy atom. The lowest BCUT2D eigenvalue weighted by Crippen LogP contribution is -2.44. The summed E-state index contributed by atoms with van der Waals surface area (Å²) in [6.07, 6.45) is 4.15. The average Bonchev–Trinajstić information content (AvgIpc) is 3.17. The maximum absolute atomic E-state index is 12.9. The van der Waals surface area contributed by atoms with E-state index in [1.54, 1.807) is 17.6 Å². The van der Waals surface area contributed by atoms with Gasteiger partial charge in [0, 0.05) is 26.4 Å². The molecule has 4 atom stereocenters.